The zero-order chi connectivity index (χ0) is 6.97. The fraction of sp³-hybridized carbons (Fsp3) is 1.00. The molecule has 2 aliphatic rings. The predicted octanol–water partition coefficient (Wildman–Crippen LogP) is 3.22. The molecule has 2 saturated carbocycles. The third kappa shape index (κ3) is 1.21. The van der Waals surface area contributed by atoms with Crippen molar-refractivity contribution in [1.82, 2.24) is 0 Å². The molecule has 0 aliphatic heterocycles. The van der Waals surface area contributed by atoms with Crippen LogP contribution < -0.4 is 0 Å². The van der Waals surface area contributed by atoms with Crippen molar-refractivity contribution in [3.8, 4) is 0 Å². The van der Waals surface area contributed by atoms with Crippen LogP contribution in [0, 0.1) is 17.8 Å². The zero-order valence-electron chi connectivity index (χ0n) is 6.97. The Labute approximate surface area is 64.0 Å². The molecular formula is C10H18. The highest BCUT2D eigenvalue weighted by Gasteiger charge is 2.28. The fourth-order valence-corrected chi connectivity index (χ4v) is 2.86. The molecule has 0 heterocycles. The molecule has 3 atom stereocenters. The summed E-state index contributed by atoms with van der Waals surface area (Å²) in [7, 11) is 0. The molecular weight excluding hydrogens is 120 g/mol. The average molecular weight is 138 g/mol. The second-order valence-electron chi connectivity index (χ2n) is 4.46. The van der Waals surface area contributed by atoms with Gasteiger partial charge in [0.05, 0.1) is 0 Å². The van der Waals surface area contributed by atoms with Crippen molar-refractivity contribution in [2.45, 2.75) is 45.4 Å². The Hall–Kier alpha value is 0. The van der Waals surface area contributed by atoms with Crippen LogP contribution in [0.3, 0.4) is 0 Å². The Kier molecular flexibility index (Phi) is 1.71. The molecule has 0 heteroatoms. The highest BCUT2D eigenvalue weighted by atomic mass is 14.3. The van der Waals surface area contributed by atoms with Gasteiger partial charge in [-0.3, -0.25) is 0 Å². The van der Waals surface area contributed by atoms with Gasteiger partial charge in [-0.25, -0.2) is 0 Å². The van der Waals surface area contributed by atoms with Crippen LogP contribution in [0.25, 0.3) is 0 Å². The smallest absolute Gasteiger partial charge is 0.0409 e. The van der Waals surface area contributed by atoms with Crippen LogP contribution >= 0.6 is 0 Å². The lowest BCUT2D eigenvalue weighted by Gasteiger charge is -2.13. The third-order valence-corrected chi connectivity index (χ3v) is 3.45. The molecule has 0 radical (unpaired) electrons. The molecule has 2 rings (SSSR count). The molecule has 2 aliphatic carbocycles. The summed E-state index contributed by atoms with van der Waals surface area (Å²) in [6.45, 7) is 2.43. The van der Waals surface area contributed by atoms with Gasteiger partial charge in [-0.2, -0.15) is 0 Å². The first-order valence-corrected chi connectivity index (χ1v) is 4.84. The van der Waals surface area contributed by atoms with Crippen molar-refractivity contribution < 1.29 is 0 Å². The van der Waals surface area contributed by atoms with E-state index in [1.807, 2.05) is 0 Å². The molecule has 0 amide bonds. The Balaban J connectivity index is 1.99. The lowest BCUT2D eigenvalue weighted by atomic mass is 9.93. The van der Waals surface area contributed by atoms with Gasteiger partial charge in [0.1, 0.15) is 0 Å². The van der Waals surface area contributed by atoms with Crippen molar-refractivity contribution in [1.29, 1.82) is 0 Å². The van der Waals surface area contributed by atoms with E-state index < -0.39 is 0 Å². The van der Waals surface area contributed by atoms with E-state index in [4.69, 9.17) is 0 Å². The van der Waals surface area contributed by atoms with Gasteiger partial charge in [0.25, 0.3) is 0 Å². The van der Waals surface area contributed by atoms with Gasteiger partial charge in [0.2, 0.25) is 0 Å². The lowest BCUT2D eigenvalue weighted by molar-refractivity contribution is 0.387. The van der Waals surface area contributed by atoms with Gasteiger partial charge < -0.3 is 0 Å². The molecule has 0 nitrogen and oxygen atoms in total. The fourth-order valence-electron chi connectivity index (χ4n) is 2.86. The molecule has 0 N–H and O–H groups in total. The van der Waals surface area contributed by atoms with Gasteiger partial charge in [-0.15, -0.1) is 0 Å². The summed E-state index contributed by atoms with van der Waals surface area (Å²) in [5.74, 6) is 3.30. The Morgan fingerprint density at radius 2 is 1.50 bits per heavy atom. The molecule has 58 valence electrons. The summed E-state index contributed by atoms with van der Waals surface area (Å²) < 4.78 is 0. The van der Waals surface area contributed by atoms with Crippen LogP contribution in [0.4, 0.5) is 0 Å². The van der Waals surface area contributed by atoms with E-state index in [0.29, 0.717) is 0 Å². The normalized spacial score (nSPS) is 47.1. The zero-order valence-corrected chi connectivity index (χ0v) is 6.97. The van der Waals surface area contributed by atoms with Crippen LogP contribution in [0.2, 0.25) is 0 Å². The predicted molar refractivity (Wildman–Crippen MR) is 43.8 cm³/mol. The monoisotopic (exact) mass is 138 g/mol. The quantitative estimate of drug-likeness (QED) is 0.482. The Morgan fingerprint density at radius 3 is 2.40 bits per heavy atom. The standard InChI is InChI=1S/C10H18/c1-8-2-3-9-4-5-10(6-8)7-9/h8-10H,2-7H2,1H3/t8?,9?,10-/m0/s1. The third-order valence-electron chi connectivity index (χ3n) is 3.45. The topological polar surface area (TPSA) is 0 Å². The molecule has 10 heavy (non-hydrogen) atoms. The molecule has 0 saturated heterocycles. The van der Waals surface area contributed by atoms with Crippen LogP contribution in [-0.4, -0.2) is 0 Å². The minimum atomic E-state index is 1.04. The summed E-state index contributed by atoms with van der Waals surface area (Å²) in [6, 6.07) is 0. The van der Waals surface area contributed by atoms with Crippen molar-refractivity contribution >= 4 is 0 Å². The summed E-state index contributed by atoms with van der Waals surface area (Å²) in [6.07, 6.45) is 9.27. The van der Waals surface area contributed by atoms with Gasteiger partial charge >= 0.3 is 0 Å². The van der Waals surface area contributed by atoms with Gasteiger partial charge in [-0.1, -0.05) is 32.6 Å². The number of fused-ring (bicyclic) bond motifs is 2. The molecule has 0 aromatic rings. The summed E-state index contributed by atoms with van der Waals surface area (Å²) in [5.41, 5.74) is 0. The van der Waals surface area contributed by atoms with Crippen LogP contribution in [0.15, 0.2) is 0 Å². The van der Waals surface area contributed by atoms with Crippen LogP contribution in [0.1, 0.15) is 45.4 Å². The average Bonchev–Trinajstić information content (AvgIpc) is 2.22. The highest BCUT2D eigenvalue weighted by Crippen LogP contribution is 2.41. The first kappa shape index (κ1) is 6.69. The second-order valence-corrected chi connectivity index (χ2v) is 4.46. The first-order valence-electron chi connectivity index (χ1n) is 4.84. The van der Waals surface area contributed by atoms with Gasteiger partial charge in [-0.05, 0) is 30.6 Å². The van der Waals surface area contributed by atoms with Crippen LogP contribution in [-0.2, 0) is 0 Å². The maximum Gasteiger partial charge on any atom is -0.0409 e. The minimum absolute atomic E-state index is 1.04. The first-order chi connectivity index (χ1) is 4.84. The van der Waals surface area contributed by atoms with E-state index >= 15 is 0 Å². The maximum absolute atomic E-state index is 2.43. The molecule has 0 spiro atoms. The van der Waals surface area contributed by atoms with E-state index in [1.54, 1.807) is 19.3 Å². The van der Waals surface area contributed by atoms with E-state index in [1.165, 1.54) is 19.3 Å². The second kappa shape index (κ2) is 2.56. The summed E-state index contributed by atoms with van der Waals surface area (Å²) in [4.78, 5) is 0. The minimum Gasteiger partial charge on any atom is -0.0625 e. The molecule has 2 fully saturated rings. The Bertz CT molecular complexity index is 117. The maximum atomic E-state index is 2.43. The van der Waals surface area contributed by atoms with E-state index in [0.717, 1.165) is 17.8 Å². The number of rotatable bonds is 0. The molecule has 2 bridgehead atoms. The molecule has 0 aromatic heterocycles. The van der Waals surface area contributed by atoms with E-state index in [-0.39, 0.29) is 0 Å². The van der Waals surface area contributed by atoms with Crippen LogP contribution in [0.5, 0.6) is 0 Å². The largest absolute Gasteiger partial charge is 0.0625 e. The SMILES string of the molecule is CC1CCC2CC[C@@H](C1)C2. The summed E-state index contributed by atoms with van der Waals surface area (Å²) in [5, 5.41) is 0. The number of hydrogen-bond acceptors (Lipinski definition) is 0. The van der Waals surface area contributed by atoms with Gasteiger partial charge in [0, 0.05) is 0 Å². The van der Waals surface area contributed by atoms with Crippen molar-refractivity contribution in [3.05, 3.63) is 0 Å². The highest BCUT2D eigenvalue weighted by molar-refractivity contribution is 4.80. The summed E-state index contributed by atoms with van der Waals surface area (Å²) >= 11 is 0. The Morgan fingerprint density at radius 1 is 0.800 bits per heavy atom. The lowest BCUT2D eigenvalue weighted by Crippen LogP contribution is -2.00. The van der Waals surface area contributed by atoms with Gasteiger partial charge in [0.15, 0.2) is 0 Å². The number of hydrogen-bond donors (Lipinski definition) is 0. The van der Waals surface area contributed by atoms with Crippen molar-refractivity contribution in [2.24, 2.45) is 17.8 Å². The van der Waals surface area contributed by atoms with Crippen molar-refractivity contribution in [2.75, 3.05) is 0 Å². The molecule has 0 aromatic carbocycles. The van der Waals surface area contributed by atoms with E-state index in [2.05, 4.69) is 6.92 Å². The van der Waals surface area contributed by atoms with Crippen molar-refractivity contribution in [3.63, 3.8) is 0 Å². The van der Waals surface area contributed by atoms with E-state index in [9.17, 15) is 0 Å². The molecule has 2 unspecified atom stereocenters.